The van der Waals surface area contributed by atoms with Crippen molar-refractivity contribution >= 4 is 5.91 Å². The average molecular weight is 210 g/mol. The Balaban J connectivity index is 1.84. The zero-order valence-electron chi connectivity index (χ0n) is 9.37. The van der Waals surface area contributed by atoms with Gasteiger partial charge in [0.25, 0.3) is 0 Å². The third kappa shape index (κ3) is 2.71. The lowest BCUT2D eigenvalue weighted by Gasteiger charge is -2.26. The molecule has 3 N–H and O–H groups in total. The molecule has 1 saturated carbocycles. The molecule has 86 valence electrons. The predicted octanol–water partition coefficient (Wildman–Crippen LogP) is 1.28. The van der Waals surface area contributed by atoms with Crippen molar-refractivity contribution in [1.82, 2.24) is 5.32 Å². The van der Waals surface area contributed by atoms with Crippen molar-refractivity contribution in [3.63, 3.8) is 0 Å². The van der Waals surface area contributed by atoms with Crippen LogP contribution in [0.15, 0.2) is 0 Å². The first-order chi connectivity index (χ1) is 7.27. The molecule has 2 rings (SSSR count). The fourth-order valence-electron chi connectivity index (χ4n) is 3.16. The number of nitrogens with two attached hydrogens (primary N) is 1. The van der Waals surface area contributed by atoms with E-state index < -0.39 is 0 Å². The number of nitrogens with one attached hydrogen (secondary N) is 1. The van der Waals surface area contributed by atoms with Crippen LogP contribution in [0, 0.1) is 17.8 Å². The number of rotatable bonds is 3. The van der Waals surface area contributed by atoms with Crippen LogP contribution in [0.3, 0.4) is 0 Å². The van der Waals surface area contributed by atoms with Crippen molar-refractivity contribution in [3.8, 4) is 0 Å². The minimum atomic E-state index is -0.110. The Morgan fingerprint density at radius 3 is 2.60 bits per heavy atom. The summed E-state index contributed by atoms with van der Waals surface area (Å²) in [6, 6.07) is 0. The van der Waals surface area contributed by atoms with Crippen LogP contribution in [0.25, 0.3) is 0 Å². The zero-order valence-corrected chi connectivity index (χ0v) is 9.37. The molecule has 1 amide bonds. The molecule has 2 atom stereocenters. The first kappa shape index (κ1) is 10.9. The largest absolute Gasteiger partial charge is 0.369 e. The van der Waals surface area contributed by atoms with Gasteiger partial charge in [0.1, 0.15) is 0 Å². The summed E-state index contributed by atoms with van der Waals surface area (Å²) in [5.41, 5.74) is 5.41. The minimum absolute atomic E-state index is 0.0897. The van der Waals surface area contributed by atoms with Crippen LogP contribution in [0.1, 0.15) is 38.5 Å². The number of carbonyl (C=O) groups is 1. The van der Waals surface area contributed by atoms with Gasteiger partial charge in [0.05, 0.1) is 5.92 Å². The molecule has 0 radical (unpaired) electrons. The second-order valence-electron chi connectivity index (χ2n) is 5.17. The second-order valence-corrected chi connectivity index (χ2v) is 5.17. The van der Waals surface area contributed by atoms with Gasteiger partial charge in [0.15, 0.2) is 0 Å². The van der Waals surface area contributed by atoms with E-state index in [0.29, 0.717) is 5.92 Å². The van der Waals surface area contributed by atoms with Crippen LogP contribution in [0.2, 0.25) is 0 Å². The highest BCUT2D eigenvalue weighted by Gasteiger charge is 2.33. The van der Waals surface area contributed by atoms with Gasteiger partial charge in [-0.1, -0.05) is 32.1 Å². The Bertz CT molecular complexity index is 224. The van der Waals surface area contributed by atoms with Gasteiger partial charge in [-0.3, -0.25) is 4.79 Å². The molecule has 0 aromatic carbocycles. The van der Waals surface area contributed by atoms with Crippen LogP contribution in [0.5, 0.6) is 0 Å². The smallest absolute Gasteiger partial charge is 0.222 e. The molecule has 15 heavy (non-hydrogen) atoms. The van der Waals surface area contributed by atoms with E-state index in [9.17, 15) is 4.79 Å². The van der Waals surface area contributed by atoms with E-state index in [2.05, 4.69) is 5.32 Å². The number of carbonyl (C=O) groups excluding carboxylic acids is 1. The summed E-state index contributed by atoms with van der Waals surface area (Å²) in [4.78, 5) is 11.2. The summed E-state index contributed by atoms with van der Waals surface area (Å²) >= 11 is 0. The molecule has 1 aliphatic carbocycles. The van der Waals surface area contributed by atoms with Crippen LogP contribution >= 0.6 is 0 Å². The standard InChI is InChI=1S/C12H22N2O/c13-12(15)11-8-14-7-10(11)6-9-4-2-1-3-5-9/h9-11,14H,1-8H2,(H2,13,15). The summed E-state index contributed by atoms with van der Waals surface area (Å²) in [6.45, 7) is 1.79. The molecule has 2 fully saturated rings. The molecule has 0 bridgehead atoms. The van der Waals surface area contributed by atoms with Gasteiger partial charge in [-0.2, -0.15) is 0 Å². The second kappa shape index (κ2) is 4.97. The quantitative estimate of drug-likeness (QED) is 0.737. The van der Waals surface area contributed by atoms with Gasteiger partial charge in [-0.05, 0) is 24.8 Å². The summed E-state index contributed by atoms with van der Waals surface area (Å²) in [5, 5.41) is 3.29. The van der Waals surface area contributed by atoms with Crippen molar-refractivity contribution in [2.24, 2.45) is 23.5 Å². The molecular weight excluding hydrogens is 188 g/mol. The van der Waals surface area contributed by atoms with E-state index in [4.69, 9.17) is 5.73 Å². The van der Waals surface area contributed by atoms with Crippen LogP contribution < -0.4 is 11.1 Å². The molecular formula is C12H22N2O. The highest BCUT2D eigenvalue weighted by Crippen LogP contribution is 2.32. The summed E-state index contributed by atoms with van der Waals surface area (Å²) < 4.78 is 0. The van der Waals surface area contributed by atoms with Gasteiger partial charge < -0.3 is 11.1 Å². The summed E-state index contributed by atoms with van der Waals surface area (Å²) in [5.74, 6) is 1.34. The third-order valence-corrected chi connectivity index (χ3v) is 4.07. The first-order valence-electron chi connectivity index (χ1n) is 6.27. The Kier molecular flexibility index (Phi) is 3.62. The van der Waals surface area contributed by atoms with Crippen molar-refractivity contribution < 1.29 is 4.79 Å². The van der Waals surface area contributed by atoms with E-state index in [1.807, 2.05) is 0 Å². The van der Waals surface area contributed by atoms with Gasteiger partial charge in [0, 0.05) is 6.54 Å². The molecule has 3 nitrogen and oxygen atoms in total. The zero-order chi connectivity index (χ0) is 10.7. The average Bonchev–Trinajstić information content (AvgIpc) is 2.67. The molecule has 1 saturated heterocycles. The van der Waals surface area contributed by atoms with E-state index in [1.54, 1.807) is 0 Å². The SMILES string of the molecule is NC(=O)C1CNCC1CC1CCCCC1. The summed E-state index contributed by atoms with van der Waals surface area (Å²) in [6.07, 6.45) is 8.10. The predicted molar refractivity (Wildman–Crippen MR) is 60.2 cm³/mol. The molecule has 0 aromatic rings. The maximum Gasteiger partial charge on any atom is 0.222 e. The molecule has 2 unspecified atom stereocenters. The van der Waals surface area contributed by atoms with Crippen molar-refractivity contribution in [1.29, 1.82) is 0 Å². The normalized spacial score (nSPS) is 33.1. The molecule has 0 spiro atoms. The number of hydrogen-bond donors (Lipinski definition) is 2. The monoisotopic (exact) mass is 210 g/mol. The Labute approximate surface area is 91.8 Å². The first-order valence-corrected chi connectivity index (χ1v) is 6.27. The molecule has 2 aliphatic rings. The van der Waals surface area contributed by atoms with Crippen LogP contribution in [-0.2, 0) is 4.79 Å². The number of hydrogen-bond acceptors (Lipinski definition) is 2. The van der Waals surface area contributed by atoms with Crippen LogP contribution in [-0.4, -0.2) is 19.0 Å². The molecule has 3 heteroatoms. The summed E-state index contributed by atoms with van der Waals surface area (Å²) in [7, 11) is 0. The van der Waals surface area contributed by atoms with Gasteiger partial charge in [0.2, 0.25) is 5.91 Å². The van der Waals surface area contributed by atoms with E-state index in [1.165, 1.54) is 38.5 Å². The van der Waals surface area contributed by atoms with Crippen molar-refractivity contribution in [2.45, 2.75) is 38.5 Å². The Morgan fingerprint density at radius 2 is 1.93 bits per heavy atom. The lowest BCUT2D eigenvalue weighted by molar-refractivity contribution is -0.122. The van der Waals surface area contributed by atoms with E-state index >= 15 is 0 Å². The topological polar surface area (TPSA) is 55.1 Å². The fourth-order valence-corrected chi connectivity index (χ4v) is 3.16. The van der Waals surface area contributed by atoms with Crippen molar-refractivity contribution in [3.05, 3.63) is 0 Å². The minimum Gasteiger partial charge on any atom is -0.369 e. The van der Waals surface area contributed by atoms with Crippen LogP contribution in [0.4, 0.5) is 0 Å². The lowest BCUT2D eigenvalue weighted by Crippen LogP contribution is -2.30. The maximum atomic E-state index is 11.2. The van der Waals surface area contributed by atoms with Crippen molar-refractivity contribution in [2.75, 3.05) is 13.1 Å². The number of primary amides is 1. The molecule has 0 aromatic heterocycles. The lowest BCUT2D eigenvalue weighted by atomic mass is 9.79. The van der Waals surface area contributed by atoms with Gasteiger partial charge >= 0.3 is 0 Å². The highest BCUT2D eigenvalue weighted by molar-refractivity contribution is 5.77. The highest BCUT2D eigenvalue weighted by atomic mass is 16.1. The van der Waals surface area contributed by atoms with Gasteiger partial charge in [-0.25, -0.2) is 0 Å². The number of amides is 1. The third-order valence-electron chi connectivity index (χ3n) is 4.07. The molecule has 1 heterocycles. The van der Waals surface area contributed by atoms with E-state index in [-0.39, 0.29) is 11.8 Å². The van der Waals surface area contributed by atoms with E-state index in [0.717, 1.165) is 19.0 Å². The Hall–Kier alpha value is -0.570. The fraction of sp³-hybridized carbons (Fsp3) is 0.917. The Morgan fingerprint density at radius 1 is 1.20 bits per heavy atom. The molecule has 1 aliphatic heterocycles. The van der Waals surface area contributed by atoms with Gasteiger partial charge in [-0.15, -0.1) is 0 Å². The maximum absolute atomic E-state index is 11.2.